The fourth-order valence-electron chi connectivity index (χ4n) is 3.52. The molecule has 0 atom stereocenters. The Labute approximate surface area is 161 Å². The molecule has 26 heavy (non-hydrogen) atoms. The zero-order valence-electron chi connectivity index (χ0n) is 16.3. The van der Waals surface area contributed by atoms with E-state index >= 15 is 0 Å². The summed E-state index contributed by atoms with van der Waals surface area (Å²) in [4.78, 5) is 4.63. The fourth-order valence-corrected chi connectivity index (χ4v) is 3.88. The number of hydrogen-bond acceptors (Lipinski definition) is 1. The summed E-state index contributed by atoms with van der Waals surface area (Å²) >= 11 is 6.78. The van der Waals surface area contributed by atoms with E-state index in [9.17, 15) is 0 Å². The first kappa shape index (κ1) is 18.7. The second kappa shape index (κ2) is 7.67. The van der Waals surface area contributed by atoms with Crippen molar-refractivity contribution in [2.75, 3.05) is 0 Å². The van der Waals surface area contributed by atoms with Gasteiger partial charge >= 0.3 is 0 Å². The van der Waals surface area contributed by atoms with Crippen LogP contribution in [0, 0.1) is 12.8 Å². The van der Waals surface area contributed by atoms with Gasteiger partial charge in [0.1, 0.15) is 5.82 Å². The zero-order valence-corrected chi connectivity index (χ0v) is 17.0. The number of hydrogen-bond donors (Lipinski definition) is 0. The average Bonchev–Trinajstić information content (AvgIpc) is 3.07. The summed E-state index contributed by atoms with van der Waals surface area (Å²) in [7, 11) is 0. The lowest BCUT2D eigenvalue weighted by Crippen LogP contribution is -2.09. The van der Waals surface area contributed by atoms with E-state index in [0.29, 0.717) is 11.8 Å². The van der Waals surface area contributed by atoms with Gasteiger partial charge in [-0.1, -0.05) is 75.7 Å². The van der Waals surface area contributed by atoms with Gasteiger partial charge in [-0.2, -0.15) is 0 Å². The van der Waals surface area contributed by atoms with E-state index in [0.717, 1.165) is 28.4 Å². The molecule has 0 aliphatic rings. The molecule has 1 heterocycles. The molecule has 0 saturated heterocycles. The minimum atomic E-state index is 0.401. The molecule has 136 valence electrons. The Bertz CT molecular complexity index is 892. The van der Waals surface area contributed by atoms with Crippen molar-refractivity contribution in [2.45, 2.75) is 47.0 Å². The van der Waals surface area contributed by atoms with Crippen molar-refractivity contribution in [3.05, 3.63) is 70.5 Å². The van der Waals surface area contributed by atoms with Gasteiger partial charge < -0.3 is 0 Å². The molecule has 0 fully saturated rings. The molecule has 0 bridgehead atoms. The second-order valence-corrected chi connectivity index (χ2v) is 8.03. The maximum Gasteiger partial charge on any atom is 0.144 e. The van der Waals surface area contributed by atoms with E-state index in [1.807, 2.05) is 30.6 Å². The van der Waals surface area contributed by atoms with Crippen LogP contribution in [0.3, 0.4) is 0 Å². The molecule has 3 heteroatoms. The fraction of sp³-hybridized carbons (Fsp3) is 0.348. The van der Waals surface area contributed by atoms with Crippen molar-refractivity contribution in [1.29, 1.82) is 0 Å². The van der Waals surface area contributed by atoms with E-state index in [1.165, 1.54) is 16.8 Å². The summed E-state index contributed by atoms with van der Waals surface area (Å²) in [5.41, 5.74) is 5.97. The van der Waals surface area contributed by atoms with E-state index < -0.39 is 0 Å². The molecule has 2 aromatic carbocycles. The molecule has 3 rings (SSSR count). The van der Waals surface area contributed by atoms with Crippen LogP contribution in [-0.4, -0.2) is 9.55 Å². The van der Waals surface area contributed by atoms with Crippen molar-refractivity contribution < 1.29 is 0 Å². The van der Waals surface area contributed by atoms with Crippen molar-refractivity contribution in [2.24, 2.45) is 5.92 Å². The third-order valence-corrected chi connectivity index (χ3v) is 5.24. The van der Waals surface area contributed by atoms with E-state index in [4.69, 9.17) is 11.6 Å². The maximum atomic E-state index is 6.78. The minimum Gasteiger partial charge on any atom is -0.299 e. The molecule has 3 aromatic rings. The van der Waals surface area contributed by atoms with Gasteiger partial charge in [0, 0.05) is 23.0 Å². The Balaban J connectivity index is 2.26. The molecule has 0 saturated carbocycles. The summed E-state index contributed by atoms with van der Waals surface area (Å²) < 4.78 is 2.19. The first-order chi connectivity index (χ1) is 12.4. The Morgan fingerprint density at radius 2 is 1.77 bits per heavy atom. The predicted molar refractivity (Wildman–Crippen MR) is 111 cm³/mol. The second-order valence-electron chi connectivity index (χ2n) is 7.65. The van der Waals surface area contributed by atoms with Gasteiger partial charge in [0.2, 0.25) is 0 Å². The molecule has 2 nitrogen and oxygen atoms in total. The Morgan fingerprint density at radius 1 is 1.08 bits per heavy atom. The van der Waals surface area contributed by atoms with Gasteiger partial charge in [0.25, 0.3) is 0 Å². The number of halogens is 1. The van der Waals surface area contributed by atoms with Gasteiger partial charge in [-0.25, -0.2) is 4.98 Å². The quantitative estimate of drug-likeness (QED) is 0.484. The SMILES string of the molecule is Cc1c(Cl)c(C(C)C)cc(CC(C)C)c1-n1ccnc1-c1ccccc1. The van der Waals surface area contributed by atoms with Crippen LogP contribution >= 0.6 is 11.6 Å². The lowest BCUT2D eigenvalue weighted by Gasteiger charge is -2.22. The smallest absolute Gasteiger partial charge is 0.144 e. The molecule has 1 aromatic heterocycles. The van der Waals surface area contributed by atoms with Gasteiger partial charge in [-0.3, -0.25) is 4.57 Å². The molecular formula is C23H27ClN2. The first-order valence-electron chi connectivity index (χ1n) is 9.31. The van der Waals surface area contributed by atoms with Crippen molar-refractivity contribution >= 4 is 11.6 Å². The Kier molecular flexibility index (Phi) is 5.52. The van der Waals surface area contributed by atoms with Crippen molar-refractivity contribution in [3.63, 3.8) is 0 Å². The standard InChI is InChI=1S/C23H27ClN2/c1-15(2)13-19-14-20(16(3)4)21(24)17(5)22(19)26-12-11-25-23(26)18-9-7-6-8-10-18/h6-12,14-16H,13H2,1-5H3. The normalized spacial score (nSPS) is 11.5. The third kappa shape index (κ3) is 3.57. The monoisotopic (exact) mass is 366 g/mol. The van der Waals surface area contributed by atoms with Crippen LogP contribution < -0.4 is 0 Å². The van der Waals surface area contributed by atoms with Crippen molar-refractivity contribution in [1.82, 2.24) is 9.55 Å². The molecule has 0 unspecified atom stereocenters. The Morgan fingerprint density at radius 3 is 2.38 bits per heavy atom. The van der Waals surface area contributed by atoms with Crippen LogP contribution in [0.2, 0.25) is 5.02 Å². The molecular weight excluding hydrogens is 340 g/mol. The largest absolute Gasteiger partial charge is 0.299 e. The lowest BCUT2D eigenvalue weighted by atomic mass is 9.92. The van der Waals surface area contributed by atoms with E-state index in [2.05, 4.69) is 62.4 Å². The Hall–Kier alpha value is -2.06. The number of nitrogens with zero attached hydrogens (tertiary/aromatic N) is 2. The number of imidazole rings is 1. The maximum absolute atomic E-state index is 6.78. The predicted octanol–water partition coefficient (Wildman–Crippen LogP) is 6.82. The molecule has 0 spiro atoms. The van der Waals surface area contributed by atoms with Gasteiger partial charge in [0.15, 0.2) is 0 Å². The van der Waals surface area contributed by atoms with Crippen LogP contribution in [0.4, 0.5) is 0 Å². The number of benzene rings is 2. The van der Waals surface area contributed by atoms with Crippen LogP contribution in [0.1, 0.15) is 50.3 Å². The summed E-state index contributed by atoms with van der Waals surface area (Å²) in [6, 6.07) is 12.6. The molecule has 0 radical (unpaired) electrons. The van der Waals surface area contributed by atoms with Crippen LogP contribution in [0.5, 0.6) is 0 Å². The van der Waals surface area contributed by atoms with Gasteiger partial charge in [-0.15, -0.1) is 0 Å². The van der Waals surface area contributed by atoms with Crippen LogP contribution in [0.25, 0.3) is 17.1 Å². The summed E-state index contributed by atoms with van der Waals surface area (Å²) in [5, 5.41) is 0.871. The topological polar surface area (TPSA) is 17.8 Å². The highest BCUT2D eigenvalue weighted by Crippen LogP contribution is 2.36. The summed E-state index contributed by atoms with van der Waals surface area (Å²) in [6.07, 6.45) is 4.92. The highest BCUT2D eigenvalue weighted by atomic mass is 35.5. The van der Waals surface area contributed by atoms with Crippen LogP contribution in [-0.2, 0) is 6.42 Å². The first-order valence-corrected chi connectivity index (χ1v) is 9.69. The average molecular weight is 367 g/mol. The minimum absolute atomic E-state index is 0.401. The molecule has 0 N–H and O–H groups in total. The van der Waals surface area contributed by atoms with E-state index in [1.54, 1.807) is 0 Å². The van der Waals surface area contributed by atoms with Crippen molar-refractivity contribution in [3.8, 4) is 17.1 Å². The lowest BCUT2D eigenvalue weighted by molar-refractivity contribution is 0.643. The highest BCUT2D eigenvalue weighted by molar-refractivity contribution is 6.32. The van der Waals surface area contributed by atoms with Crippen LogP contribution in [0.15, 0.2) is 48.8 Å². The number of aromatic nitrogens is 2. The third-order valence-electron chi connectivity index (χ3n) is 4.74. The number of rotatable bonds is 5. The van der Waals surface area contributed by atoms with Gasteiger partial charge in [-0.05, 0) is 41.9 Å². The van der Waals surface area contributed by atoms with E-state index in [-0.39, 0.29) is 0 Å². The highest BCUT2D eigenvalue weighted by Gasteiger charge is 2.20. The zero-order chi connectivity index (χ0) is 18.8. The summed E-state index contributed by atoms with van der Waals surface area (Å²) in [6.45, 7) is 11.0. The molecule has 0 amide bonds. The van der Waals surface area contributed by atoms with Gasteiger partial charge in [0.05, 0.1) is 5.69 Å². The molecule has 0 aliphatic heterocycles. The summed E-state index contributed by atoms with van der Waals surface area (Å²) in [5.74, 6) is 1.92. The molecule has 0 aliphatic carbocycles.